The molecule has 31 heavy (non-hydrogen) atoms. The molecule has 2 N–H and O–H groups in total. The topological polar surface area (TPSA) is 67.4 Å². The highest BCUT2D eigenvalue weighted by Crippen LogP contribution is 2.26. The van der Waals surface area contributed by atoms with Crippen LogP contribution in [0.25, 0.3) is 0 Å². The molecular formula is C25H25BrN2O3. The summed E-state index contributed by atoms with van der Waals surface area (Å²) in [5.41, 5.74) is 3.22. The molecule has 3 aromatic carbocycles. The van der Waals surface area contributed by atoms with Crippen LogP contribution in [0.4, 0.5) is 11.4 Å². The Morgan fingerprint density at radius 3 is 2.42 bits per heavy atom. The number of nitrogens with one attached hydrogen (secondary N) is 2. The fourth-order valence-corrected chi connectivity index (χ4v) is 3.36. The van der Waals surface area contributed by atoms with Gasteiger partial charge in [-0.1, -0.05) is 47.5 Å². The van der Waals surface area contributed by atoms with Crippen molar-refractivity contribution in [2.24, 2.45) is 0 Å². The summed E-state index contributed by atoms with van der Waals surface area (Å²) in [5.74, 6) is 0.120. The number of hydrogen-bond donors (Lipinski definition) is 2. The number of carbonyl (C=O) groups is 2. The fraction of sp³-hybridized carbons (Fsp3) is 0.200. The lowest BCUT2D eigenvalue weighted by atomic mass is 10.1. The number of carbonyl (C=O) groups excluding carboxylic acids is 2. The van der Waals surface area contributed by atoms with Gasteiger partial charge < -0.3 is 15.4 Å². The zero-order valence-electron chi connectivity index (χ0n) is 17.6. The van der Waals surface area contributed by atoms with Crippen molar-refractivity contribution in [3.05, 3.63) is 87.9 Å². The molecule has 6 heteroatoms. The summed E-state index contributed by atoms with van der Waals surface area (Å²) in [6, 6.07) is 19.8. The van der Waals surface area contributed by atoms with Crippen LogP contribution >= 0.6 is 15.9 Å². The van der Waals surface area contributed by atoms with Crippen molar-refractivity contribution < 1.29 is 14.3 Å². The largest absolute Gasteiger partial charge is 0.493 e. The number of benzene rings is 3. The summed E-state index contributed by atoms with van der Waals surface area (Å²) in [6.45, 7) is 4.54. The van der Waals surface area contributed by atoms with E-state index in [0.717, 1.165) is 22.9 Å². The van der Waals surface area contributed by atoms with Crippen LogP contribution in [0.1, 0.15) is 46.0 Å². The minimum Gasteiger partial charge on any atom is -0.493 e. The van der Waals surface area contributed by atoms with Crippen molar-refractivity contribution in [1.29, 1.82) is 0 Å². The minimum absolute atomic E-state index is 0.177. The van der Waals surface area contributed by atoms with Crippen molar-refractivity contribution in [1.82, 2.24) is 0 Å². The molecule has 0 heterocycles. The third kappa shape index (κ3) is 6.18. The predicted octanol–water partition coefficient (Wildman–Crippen LogP) is 6.44. The SMILES string of the molecule is CCCCOc1ccc(Br)cc1C(=O)Nc1ccc(NC(=O)c2ccccc2)c(C)c1. The third-order valence-corrected chi connectivity index (χ3v) is 5.20. The van der Waals surface area contributed by atoms with Gasteiger partial charge in [-0.3, -0.25) is 9.59 Å². The molecule has 2 amide bonds. The fourth-order valence-electron chi connectivity index (χ4n) is 3.00. The molecule has 0 aromatic heterocycles. The van der Waals surface area contributed by atoms with E-state index in [1.54, 1.807) is 36.4 Å². The molecule has 0 aliphatic carbocycles. The van der Waals surface area contributed by atoms with Crippen LogP contribution in [0.3, 0.4) is 0 Å². The van der Waals surface area contributed by atoms with Gasteiger partial charge in [0.1, 0.15) is 5.75 Å². The van der Waals surface area contributed by atoms with Crippen LogP contribution in [0.5, 0.6) is 5.75 Å². The first kappa shape index (κ1) is 22.6. The van der Waals surface area contributed by atoms with Gasteiger partial charge in [0.15, 0.2) is 0 Å². The highest BCUT2D eigenvalue weighted by Gasteiger charge is 2.15. The molecule has 0 bridgehead atoms. The lowest BCUT2D eigenvalue weighted by molar-refractivity contribution is 0.101. The van der Waals surface area contributed by atoms with Gasteiger partial charge in [-0.05, 0) is 67.4 Å². The van der Waals surface area contributed by atoms with E-state index in [2.05, 4.69) is 33.5 Å². The van der Waals surface area contributed by atoms with E-state index in [9.17, 15) is 9.59 Å². The maximum atomic E-state index is 12.9. The number of aryl methyl sites for hydroxylation is 1. The number of anilines is 2. The first-order valence-corrected chi connectivity index (χ1v) is 11.0. The first-order valence-electron chi connectivity index (χ1n) is 10.2. The lowest BCUT2D eigenvalue weighted by Gasteiger charge is -2.14. The summed E-state index contributed by atoms with van der Waals surface area (Å²) in [7, 11) is 0. The molecule has 5 nitrogen and oxygen atoms in total. The molecule has 0 fully saturated rings. The summed E-state index contributed by atoms with van der Waals surface area (Å²) in [5, 5.41) is 5.82. The Morgan fingerprint density at radius 1 is 0.935 bits per heavy atom. The summed E-state index contributed by atoms with van der Waals surface area (Å²) < 4.78 is 6.59. The number of unbranched alkanes of at least 4 members (excludes halogenated alkanes) is 1. The van der Waals surface area contributed by atoms with E-state index in [0.29, 0.717) is 34.9 Å². The van der Waals surface area contributed by atoms with Crippen LogP contribution in [-0.4, -0.2) is 18.4 Å². The molecule has 0 atom stereocenters. The van der Waals surface area contributed by atoms with Crippen LogP contribution in [0.15, 0.2) is 71.2 Å². The van der Waals surface area contributed by atoms with E-state index in [1.807, 2.05) is 37.3 Å². The molecule has 0 saturated carbocycles. The van der Waals surface area contributed by atoms with Gasteiger partial charge in [-0.25, -0.2) is 0 Å². The Labute approximate surface area is 191 Å². The van der Waals surface area contributed by atoms with E-state index in [1.165, 1.54) is 0 Å². The molecule has 0 unspecified atom stereocenters. The Balaban J connectivity index is 1.72. The standard InChI is InChI=1S/C25H25BrN2O3/c1-3-4-14-31-23-13-10-19(26)16-21(23)25(30)27-20-11-12-22(17(2)15-20)28-24(29)18-8-6-5-7-9-18/h5-13,15-16H,3-4,14H2,1-2H3,(H,27,30)(H,28,29). The van der Waals surface area contributed by atoms with Crippen LogP contribution in [-0.2, 0) is 0 Å². The molecular weight excluding hydrogens is 456 g/mol. The summed E-state index contributed by atoms with van der Waals surface area (Å²) in [6.07, 6.45) is 1.94. The maximum absolute atomic E-state index is 12.9. The van der Waals surface area contributed by atoms with Gasteiger partial charge in [-0.15, -0.1) is 0 Å². The Hall–Kier alpha value is -3.12. The third-order valence-electron chi connectivity index (χ3n) is 4.71. The van der Waals surface area contributed by atoms with E-state index < -0.39 is 0 Å². The normalized spacial score (nSPS) is 10.4. The van der Waals surface area contributed by atoms with Gasteiger partial charge in [0.2, 0.25) is 0 Å². The van der Waals surface area contributed by atoms with Crippen molar-refractivity contribution in [2.75, 3.05) is 17.2 Å². The molecule has 0 saturated heterocycles. The molecule has 160 valence electrons. The molecule has 0 spiro atoms. The second kappa shape index (κ2) is 10.8. The average molecular weight is 481 g/mol. The smallest absolute Gasteiger partial charge is 0.259 e. The van der Waals surface area contributed by atoms with Crippen molar-refractivity contribution in [2.45, 2.75) is 26.7 Å². The quantitative estimate of drug-likeness (QED) is 0.364. The zero-order valence-corrected chi connectivity index (χ0v) is 19.2. The number of ether oxygens (including phenoxy) is 1. The van der Waals surface area contributed by atoms with Crippen molar-refractivity contribution >= 4 is 39.1 Å². The van der Waals surface area contributed by atoms with Crippen LogP contribution < -0.4 is 15.4 Å². The van der Waals surface area contributed by atoms with Crippen LogP contribution in [0.2, 0.25) is 0 Å². The monoisotopic (exact) mass is 480 g/mol. The van der Waals surface area contributed by atoms with E-state index >= 15 is 0 Å². The number of halogens is 1. The molecule has 0 aliphatic rings. The number of hydrogen-bond acceptors (Lipinski definition) is 3. The summed E-state index contributed by atoms with van der Waals surface area (Å²) in [4.78, 5) is 25.3. The van der Waals surface area contributed by atoms with Crippen molar-refractivity contribution in [3.8, 4) is 5.75 Å². The van der Waals surface area contributed by atoms with E-state index in [-0.39, 0.29) is 11.8 Å². The molecule has 0 aliphatic heterocycles. The second-order valence-corrected chi connectivity index (χ2v) is 8.06. The van der Waals surface area contributed by atoms with Gasteiger partial charge in [0.25, 0.3) is 11.8 Å². The Bertz CT molecular complexity index is 1070. The average Bonchev–Trinajstić information content (AvgIpc) is 2.77. The highest BCUT2D eigenvalue weighted by atomic mass is 79.9. The lowest BCUT2D eigenvalue weighted by Crippen LogP contribution is -2.15. The van der Waals surface area contributed by atoms with Gasteiger partial charge in [0, 0.05) is 21.4 Å². The molecule has 3 rings (SSSR count). The van der Waals surface area contributed by atoms with Gasteiger partial charge >= 0.3 is 0 Å². The van der Waals surface area contributed by atoms with Crippen LogP contribution in [0, 0.1) is 6.92 Å². The first-order chi connectivity index (χ1) is 15.0. The number of rotatable bonds is 8. The van der Waals surface area contributed by atoms with Gasteiger partial charge in [-0.2, -0.15) is 0 Å². The second-order valence-electron chi connectivity index (χ2n) is 7.15. The minimum atomic E-state index is -0.256. The predicted molar refractivity (Wildman–Crippen MR) is 128 cm³/mol. The Morgan fingerprint density at radius 2 is 1.71 bits per heavy atom. The summed E-state index contributed by atoms with van der Waals surface area (Å²) >= 11 is 3.42. The van der Waals surface area contributed by atoms with Gasteiger partial charge in [0.05, 0.1) is 12.2 Å². The van der Waals surface area contributed by atoms with E-state index in [4.69, 9.17) is 4.74 Å². The molecule has 0 radical (unpaired) electrons. The molecule has 3 aromatic rings. The van der Waals surface area contributed by atoms with Crippen molar-refractivity contribution in [3.63, 3.8) is 0 Å². The Kier molecular flexibility index (Phi) is 7.84. The number of amides is 2. The maximum Gasteiger partial charge on any atom is 0.259 e. The zero-order chi connectivity index (χ0) is 22.2. The highest BCUT2D eigenvalue weighted by molar-refractivity contribution is 9.10.